The smallest absolute Gasteiger partial charge is 0.460 e. The number of para-hydroxylation sites is 2. The maximum atomic E-state index is 14.4. The zero-order valence-electron chi connectivity index (χ0n) is 25.9. The molecule has 0 spiro atoms. The van der Waals surface area contributed by atoms with Gasteiger partial charge in [0.2, 0.25) is 0 Å². The summed E-state index contributed by atoms with van der Waals surface area (Å²) < 4.78 is 246. The molecule has 54 heavy (non-hydrogen) atoms. The second-order valence-electron chi connectivity index (χ2n) is 10.6. The summed E-state index contributed by atoms with van der Waals surface area (Å²) >= 11 is 0. The van der Waals surface area contributed by atoms with E-state index in [1.807, 2.05) is 5.32 Å². The highest BCUT2D eigenvalue weighted by molar-refractivity contribution is 5.92. The SMILES string of the molecule is O=C(Nc1ccc(OCCC(F)(F)C(F)(F)C(F)(F)C(F)(F)C(F)(F)C(F)(F)C(F)(F)C(F)(F)F)c(NC(=O)Oc2ccccc2)c1)Oc1ccccc1. The molecule has 3 rings (SSSR count). The Labute approximate surface area is 290 Å². The molecule has 0 bridgehead atoms. The number of carbonyl (C=O) groups is 2. The first-order valence-electron chi connectivity index (χ1n) is 14.1. The van der Waals surface area contributed by atoms with Crippen LogP contribution in [0.1, 0.15) is 6.42 Å². The lowest BCUT2D eigenvalue weighted by molar-refractivity contribution is -0.461. The fourth-order valence-electron chi connectivity index (χ4n) is 3.94. The number of amides is 2. The van der Waals surface area contributed by atoms with E-state index in [2.05, 4.69) is 5.32 Å². The molecule has 0 fully saturated rings. The van der Waals surface area contributed by atoms with Crippen molar-refractivity contribution >= 4 is 23.6 Å². The topological polar surface area (TPSA) is 85.9 Å². The van der Waals surface area contributed by atoms with E-state index >= 15 is 0 Å². The lowest BCUT2D eigenvalue weighted by Gasteiger charge is -2.42. The third-order valence-corrected chi connectivity index (χ3v) is 6.83. The van der Waals surface area contributed by atoms with Crippen LogP contribution in [0, 0.1) is 0 Å². The lowest BCUT2D eigenvalue weighted by atomic mass is 9.88. The number of halogens is 17. The Bertz CT molecular complexity index is 1770. The highest BCUT2D eigenvalue weighted by Crippen LogP contribution is 2.64. The number of rotatable bonds is 14. The molecule has 0 atom stereocenters. The molecule has 0 saturated carbocycles. The summed E-state index contributed by atoms with van der Waals surface area (Å²) in [6.45, 7) is -2.01. The van der Waals surface area contributed by atoms with E-state index in [1.165, 1.54) is 54.6 Å². The van der Waals surface area contributed by atoms with Gasteiger partial charge in [0.05, 0.1) is 18.7 Å². The van der Waals surface area contributed by atoms with Gasteiger partial charge in [-0.15, -0.1) is 0 Å². The first-order valence-corrected chi connectivity index (χ1v) is 14.1. The van der Waals surface area contributed by atoms with Crippen LogP contribution in [-0.4, -0.2) is 66.4 Å². The number of hydrogen-bond donors (Lipinski definition) is 2. The van der Waals surface area contributed by atoms with Gasteiger partial charge in [0.25, 0.3) is 0 Å². The molecule has 0 unspecified atom stereocenters. The molecule has 24 heteroatoms. The molecule has 0 aromatic heterocycles. The van der Waals surface area contributed by atoms with Gasteiger partial charge >= 0.3 is 59.8 Å². The summed E-state index contributed by atoms with van der Waals surface area (Å²) in [6, 6.07) is 16.4. The average Bonchev–Trinajstić information content (AvgIpc) is 3.05. The van der Waals surface area contributed by atoms with Crippen molar-refractivity contribution in [1.29, 1.82) is 0 Å². The van der Waals surface area contributed by atoms with Crippen molar-refractivity contribution in [2.45, 2.75) is 54.1 Å². The molecule has 3 aromatic carbocycles. The number of nitrogens with one attached hydrogen (secondary N) is 2. The fraction of sp³-hybridized carbons (Fsp3) is 0.333. The van der Waals surface area contributed by atoms with Gasteiger partial charge in [-0.2, -0.15) is 74.6 Å². The predicted molar refractivity (Wildman–Crippen MR) is 149 cm³/mol. The van der Waals surface area contributed by atoms with E-state index in [9.17, 15) is 84.2 Å². The zero-order chi connectivity index (χ0) is 41.2. The lowest BCUT2D eigenvalue weighted by Crippen LogP contribution is -2.74. The Hall–Kier alpha value is -5.19. The van der Waals surface area contributed by atoms with Gasteiger partial charge in [-0.25, -0.2) is 9.59 Å². The van der Waals surface area contributed by atoms with Crippen molar-refractivity contribution in [3.05, 3.63) is 78.9 Å². The van der Waals surface area contributed by atoms with Crippen LogP contribution < -0.4 is 24.8 Å². The van der Waals surface area contributed by atoms with E-state index in [4.69, 9.17) is 14.2 Å². The molecule has 0 heterocycles. The molecule has 0 saturated heterocycles. The van der Waals surface area contributed by atoms with Crippen molar-refractivity contribution in [2.24, 2.45) is 0 Å². The van der Waals surface area contributed by atoms with Gasteiger partial charge in [0.15, 0.2) is 0 Å². The van der Waals surface area contributed by atoms with Crippen molar-refractivity contribution in [1.82, 2.24) is 0 Å². The van der Waals surface area contributed by atoms with Crippen LogP contribution in [-0.2, 0) is 0 Å². The molecule has 0 aliphatic rings. The molecule has 298 valence electrons. The van der Waals surface area contributed by atoms with E-state index < -0.39 is 84.3 Å². The normalized spacial score (nSPS) is 13.6. The first kappa shape index (κ1) is 43.2. The van der Waals surface area contributed by atoms with E-state index in [1.54, 1.807) is 6.07 Å². The third-order valence-electron chi connectivity index (χ3n) is 6.83. The molecule has 0 aliphatic carbocycles. The monoisotopic (exact) mass is 810 g/mol. The maximum Gasteiger partial charge on any atom is 0.460 e. The van der Waals surface area contributed by atoms with Gasteiger partial charge in [-0.3, -0.25) is 10.6 Å². The number of alkyl halides is 17. The predicted octanol–water partition coefficient (Wildman–Crippen LogP) is 10.7. The summed E-state index contributed by atoms with van der Waals surface area (Å²) in [5.41, 5.74) is -0.973. The van der Waals surface area contributed by atoms with Gasteiger partial charge < -0.3 is 14.2 Å². The Kier molecular flexibility index (Phi) is 11.9. The van der Waals surface area contributed by atoms with Crippen LogP contribution in [0.15, 0.2) is 78.9 Å². The van der Waals surface area contributed by atoms with Crippen LogP contribution in [0.5, 0.6) is 17.2 Å². The summed E-state index contributed by atoms with van der Waals surface area (Å²) in [7, 11) is 0. The number of hydrogen-bond acceptors (Lipinski definition) is 5. The highest BCUT2D eigenvalue weighted by atomic mass is 19.4. The van der Waals surface area contributed by atoms with Crippen molar-refractivity contribution < 1.29 is 98.4 Å². The summed E-state index contributed by atoms with van der Waals surface area (Å²) in [5.74, 6) is -58.4. The van der Waals surface area contributed by atoms with E-state index in [-0.39, 0.29) is 17.2 Å². The Balaban J connectivity index is 1.87. The highest BCUT2D eigenvalue weighted by Gasteiger charge is 2.95. The number of carbonyl (C=O) groups excluding carboxylic acids is 2. The molecular formula is C30H19F17N2O5. The Morgan fingerprint density at radius 3 is 1.35 bits per heavy atom. The van der Waals surface area contributed by atoms with Crippen molar-refractivity contribution in [3.63, 3.8) is 0 Å². The largest absolute Gasteiger partial charge is 0.491 e. The Morgan fingerprint density at radius 2 is 0.907 bits per heavy atom. The molecule has 3 aromatic rings. The molecule has 2 N–H and O–H groups in total. The molecule has 2 amide bonds. The van der Waals surface area contributed by atoms with Gasteiger partial charge in [-0.1, -0.05) is 36.4 Å². The standard InChI is InChI=1S/C30H19F17N2O5/c31-23(32,24(33,34)25(35,36)26(37,38)27(39,40)28(41,42)29(43,44)30(45,46)47)13-14-52-20-12-11-16(48-21(50)53-17-7-3-1-4-8-17)15-19(20)49-22(51)54-18-9-5-2-6-10-18/h1-12,15H,13-14H2,(H,48,50)(H,49,51). The number of benzene rings is 3. The molecule has 0 aliphatic heterocycles. The van der Waals surface area contributed by atoms with Crippen LogP contribution in [0.2, 0.25) is 0 Å². The van der Waals surface area contributed by atoms with Gasteiger partial charge in [0.1, 0.15) is 17.2 Å². The zero-order valence-corrected chi connectivity index (χ0v) is 25.9. The van der Waals surface area contributed by atoms with Crippen LogP contribution in [0.3, 0.4) is 0 Å². The minimum absolute atomic E-state index is 0.0255. The third kappa shape index (κ3) is 8.15. The van der Waals surface area contributed by atoms with Crippen molar-refractivity contribution in [3.8, 4) is 17.2 Å². The maximum absolute atomic E-state index is 14.4. The van der Waals surface area contributed by atoms with Crippen molar-refractivity contribution in [2.75, 3.05) is 17.2 Å². The average molecular weight is 810 g/mol. The van der Waals surface area contributed by atoms with E-state index in [0.717, 1.165) is 12.1 Å². The summed E-state index contributed by atoms with van der Waals surface area (Å²) in [5, 5.41) is 4.11. The second-order valence-corrected chi connectivity index (χ2v) is 10.6. The minimum Gasteiger partial charge on any atom is -0.491 e. The Morgan fingerprint density at radius 1 is 0.500 bits per heavy atom. The molecule has 0 radical (unpaired) electrons. The first-order chi connectivity index (χ1) is 24.5. The number of anilines is 2. The fourth-order valence-corrected chi connectivity index (χ4v) is 3.94. The van der Waals surface area contributed by atoms with Crippen LogP contribution >= 0.6 is 0 Å². The van der Waals surface area contributed by atoms with Crippen LogP contribution in [0.4, 0.5) is 95.6 Å². The van der Waals surface area contributed by atoms with Gasteiger partial charge in [0, 0.05) is 5.69 Å². The molecular weight excluding hydrogens is 791 g/mol. The minimum atomic E-state index is -8.75. The quantitative estimate of drug-likeness (QED) is 0.158. The summed E-state index contributed by atoms with van der Waals surface area (Å²) in [4.78, 5) is 24.7. The van der Waals surface area contributed by atoms with Gasteiger partial charge in [-0.05, 0) is 42.5 Å². The number of ether oxygens (including phenoxy) is 3. The molecule has 7 nitrogen and oxygen atoms in total. The summed E-state index contributed by atoms with van der Waals surface area (Å²) in [6.07, 6.45) is -13.3. The van der Waals surface area contributed by atoms with E-state index in [0.29, 0.717) is 6.07 Å². The second kappa shape index (κ2) is 14.9. The van der Waals surface area contributed by atoms with Crippen LogP contribution in [0.25, 0.3) is 0 Å².